The highest BCUT2D eigenvalue weighted by Crippen LogP contribution is 2.31. The van der Waals surface area contributed by atoms with Gasteiger partial charge in [0.15, 0.2) is 0 Å². The molecule has 2 aromatic heterocycles. The Morgan fingerprint density at radius 1 is 1.47 bits per heavy atom. The molecule has 6 heteroatoms. The van der Waals surface area contributed by atoms with Crippen LogP contribution in [0.4, 0.5) is 0 Å². The average molecular weight is 279 g/mol. The van der Waals surface area contributed by atoms with Crippen LogP contribution in [0, 0.1) is 0 Å². The lowest BCUT2D eigenvalue weighted by atomic mass is 9.83. The van der Waals surface area contributed by atoms with Crippen LogP contribution in [-0.4, -0.2) is 28.2 Å². The van der Waals surface area contributed by atoms with Gasteiger partial charge in [0, 0.05) is 12.7 Å². The number of hydrogen-bond acceptors (Lipinski definition) is 5. The molecule has 0 aromatic carbocycles. The van der Waals surface area contributed by atoms with E-state index in [1.54, 1.807) is 18.3 Å². The summed E-state index contributed by atoms with van der Waals surface area (Å²) < 4.78 is 5.42. The second-order valence-electron chi connectivity index (χ2n) is 5.10. The van der Waals surface area contributed by atoms with Crippen LogP contribution < -0.4 is 5.32 Å². The van der Waals surface area contributed by atoms with Crippen LogP contribution in [0.3, 0.4) is 0 Å². The zero-order valence-corrected chi connectivity index (χ0v) is 11.4. The quantitative estimate of drug-likeness (QED) is 0.914. The molecule has 5 nitrogen and oxygen atoms in total. The van der Waals surface area contributed by atoms with E-state index in [4.69, 9.17) is 16.1 Å². The molecule has 1 aliphatic heterocycles. The van der Waals surface area contributed by atoms with Gasteiger partial charge in [-0.2, -0.15) is 4.98 Å². The first-order valence-corrected chi connectivity index (χ1v) is 6.73. The third kappa shape index (κ3) is 2.35. The molecule has 3 rings (SSSR count). The number of pyridine rings is 1. The Balaban J connectivity index is 1.93. The van der Waals surface area contributed by atoms with E-state index in [1.165, 1.54) is 0 Å². The number of hydrogen-bond donors (Lipinski definition) is 1. The fourth-order valence-electron chi connectivity index (χ4n) is 2.35. The fraction of sp³-hybridized carbons (Fsp3) is 0.462. The van der Waals surface area contributed by atoms with Gasteiger partial charge in [-0.15, -0.1) is 0 Å². The molecular formula is C13H15ClN4O. The van der Waals surface area contributed by atoms with Crippen LogP contribution >= 0.6 is 11.6 Å². The van der Waals surface area contributed by atoms with E-state index in [0.29, 0.717) is 22.4 Å². The Kier molecular flexibility index (Phi) is 3.24. The van der Waals surface area contributed by atoms with E-state index >= 15 is 0 Å². The molecule has 1 N–H and O–H groups in total. The third-order valence-electron chi connectivity index (χ3n) is 3.51. The topological polar surface area (TPSA) is 63.8 Å². The molecule has 0 amide bonds. The minimum atomic E-state index is -0.106. The van der Waals surface area contributed by atoms with Crippen molar-refractivity contribution in [2.24, 2.45) is 0 Å². The van der Waals surface area contributed by atoms with Gasteiger partial charge in [0.1, 0.15) is 5.69 Å². The van der Waals surface area contributed by atoms with E-state index in [2.05, 4.69) is 27.4 Å². The molecule has 19 heavy (non-hydrogen) atoms. The standard InChI is InChI=1S/C13H15ClN4O/c1-13(5-3-6-15-8-13)12-17-11(18-19-12)10-9(14)4-2-7-16-10/h2,4,7,15H,3,5-6,8H2,1H3. The summed E-state index contributed by atoms with van der Waals surface area (Å²) in [6.07, 6.45) is 3.82. The Morgan fingerprint density at radius 3 is 3.11 bits per heavy atom. The molecule has 1 atom stereocenters. The van der Waals surface area contributed by atoms with Crippen LogP contribution in [0.1, 0.15) is 25.7 Å². The van der Waals surface area contributed by atoms with E-state index in [1.807, 2.05) is 0 Å². The summed E-state index contributed by atoms with van der Waals surface area (Å²) in [5, 5.41) is 7.90. The smallest absolute Gasteiger partial charge is 0.234 e. The normalized spacial score (nSPS) is 23.5. The molecule has 0 saturated carbocycles. The molecule has 0 spiro atoms. The molecule has 1 unspecified atom stereocenters. The second kappa shape index (κ2) is 4.90. The molecule has 2 aromatic rings. The number of nitrogens with one attached hydrogen (secondary N) is 1. The van der Waals surface area contributed by atoms with Crippen molar-refractivity contribution in [3.63, 3.8) is 0 Å². The highest BCUT2D eigenvalue weighted by molar-refractivity contribution is 6.32. The van der Waals surface area contributed by atoms with Gasteiger partial charge in [-0.25, -0.2) is 0 Å². The van der Waals surface area contributed by atoms with Gasteiger partial charge in [-0.05, 0) is 38.4 Å². The average Bonchev–Trinajstić information content (AvgIpc) is 2.90. The number of rotatable bonds is 2. The van der Waals surface area contributed by atoms with Gasteiger partial charge in [0.05, 0.1) is 10.4 Å². The zero-order valence-electron chi connectivity index (χ0n) is 10.7. The van der Waals surface area contributed by atoms with Crippen molar-refractivity contribution in [2.45, 2.75) is 25.2 Å². The molecule has 0 aliphatic carbocycles. The van der Waals surface area contributed by atoms with E-state index in [0.717, 1.165) is 25.9 Å². The summed E-state index contributed by atoms with van der Waals surface area (Å²) in [4.78, 5) is 8.67. The highest BCUT2D eigenvalue weighted by atomic mass is 35.5. The molecule has 100 valence electrons. The Morgan fingerprint density at radius 2 is 2.37 bits per heavy atom. The van der Waals surface area contributed by atoms with Gasteiger partial charge < -0.3 is 9.84 Å². The van der Waals surface area contributed by atoms with Crippen LogP contribution in [0.5, 0.6) is 0 Å². The van der Waals surface area contributed by atoms with Gasteiger partial charge in [-0.1, -0.05) is 16.8 Å². The lowest BCUT2D eigenvalue weighted by Crippen LogP contribution is -2.41. The van der Waals surface area contributed by atoms with Gasteiger partial charge >= 0.3 is 0 Å². The predicted octanol–water partition coefficient (Wildman–Crippen LogP) is 2.43. The first-order chi connectivity index (χ1) is 9.19. The highest BCUT2D eigenvalue weighted by Gasteiger charge is 2.34. The third-order valence-corrected chi connectivity index (χ3v) is 3.81. The Labute approximate surface area is 116 Å². The van der Waals surface area contributed by atoms with Crippen molar-refractivity contribution in [3.05, 3.63) is 29.2 Å². The number of aromatic nitrogens is 3. The maximum Gasteiger partial charge on any atom is 0.234 e. The largest absolute Gasteiger partial charge is 0.338 e. The van der Waals surface area contributed by atoms with Crippen molar-refractivity contribution >= 4 is 11.6 Å². The SMILES string of the molecule is CC1(c2nc(-c3ncccc3Cl)no2)CCCNC1. The summed E-state index contributed by atoms with van der Waals surface area (Å²) >= 11 is 6.09. The molecule has 1 saturated heterocycles. The maximum absolute atomic E-state index is 6.09. The van der Waals surface area contributed by atoms with Crippen LogP contribution in [0.15, 0.2) is 22.9 Å². The molecular weight excluding hydrogens is 264 g/mol. The first-order valence-electron chi connectivity index (χ1n) is 6.35. The summed E-state index contributed by atoms with van der Waals surface area (Å²) in [5.74, 6) is 1.10. The zero-order chi connectivity index (χ0) is 13.3. The summed E-state index contributed by atoms with van der Waals surface area (Å²) in [7, 11) is 0. The van der Waals surface area contributed by atoms with Crippen molar-refractivity contribution in [1.29, 1.82) is 0 Å². The maximum atomic E-state index is 6.09. The van der Waals surface area contributed by atoms with Crippen LogP contribution in [0.2, 0.25) is 5.02 Å². The first kappa shape index (κ1) is 12.6. The van der Waals surface area contributed by atoms with Gasteiger partial charge in [-0.3, -0.25) is 4.98 Å². The van der Waals surface area contributed by atoms with Crippen molar-refractivity contribution in [2.75, 3.05) is 13.1 Å². The minimum Gasteiger partial charge on any atom is -0.338 e. The molecule has 1 fully saturated rings. The lowest BCUT2D eigenvalue weighted by Gasteiger charge is -2.30. The summed E-state index contributed by atoms with van der Waals surface area (Å²) in [5.41, 5.74) is 0.455. The fourth-order valence-corrected chi connectivity index (χ4v) is 2.56. The predicted molar refractivity (Wildman–Crippen MR) is 72.0 cm³/mol. The molecule has 0 bridgehead atoms. The summed E-state index contributed by atoms with van der Waals surface area (Å²) in [6.45, 7) is 4.03. The van der Waals surface area contributed by atoms with E-state index in [-0.39, 0.29) is 5.41 Å². The van der Waals surface area contributed by atoms with Crippen LogP contribution in [-0.2, 0) is 5.41 Å². The second-order valence-corrected chi connectivity index (χ2v) is 5.51. The summed E-state index contributed by atoms with van der Waals surface area (Å²) in [6, 6.07) is 3.54. The minimum absolute atomic E-state index is 0.106. The van der Waals surface area contributed by atoms with E-state index in [9.17, 15) is 0 Å². The number of halogens is 1. The number of nitrogens with zero attached hydrogens (tertiary/aromatic N) is 3. The monoisotopic (exact) mass is 278 g/mol. The Hall–Kier alpha value is -1.46. The molecule has 0 radical (unpaired) electrons. The molecule has 3 heterocycles. The van der Waals surface area contributed by atoms with Gasteiger partial charge in [0.25, 0.3) is 0 Å². The number of piperidine rings is 1. The van der Waals surface area contributed by atoms with Gasteiger partial charge in [0.2, 0.25) is 11.7 Å². The molecule has 1 aliphatic rings. The Bertz CT molecular complexity index is 578. The van der Waals surface area contributed by atoms with Crippen molar-refractivity contribution < 1.29 is 4.52 Å². The lowest BCUT2D eigenvalue weighted by molar-refractivity contribution is 0.245. The van der Waals surface area contributed by atoms with Crippen molar-refractivity contribution in [1.82, 2.24) is 20.4 Å². The van der Waals surface area contributed by atoms with Crippen LogP contribution in [0.25, 0.3) is 11.5 Å². The van der Waals surface area contributed by atoms with Crippen molar-refractivity contribution in [3.8, 4) is 11.5 Å². The van der Waals surface area contributed by atoms with E-state index < -0.39 is 0 Å².